The first-order valence-electron chi connectivity index (χ1n) is 9.55. The van der Waals surface area contributed by atoms with Crippen LogP contribution < -0.4 is 10.1 Å². The Morgan fingerprint density at radius 1 is 1.10 bits per heavy atom. The van der Waals surface area contributed by atoms with Crippen LogP contribution in [0.15, 0.2) is 48.5 Å². The van der Waals surface area contributed by atoms with Crippen LogP contribution in [0.5, 0.6) is 5.75 Å². The summed E-state index contributed by atoms with van der Waals surface area (Å²) >= 11 is 0. The largest absolute Gasteiger partial charge is 0.493 e. The molecule has 1 N–H and O–H groups in total. The molecule has 8 heteroatoms. The number of nitrogens with one attached hydrogen (secondary N) is 1. The number of amides is 1. The number of nitrogens with zero attached hydrogens (tertiary/aromatic N) is 1. The van der Waals surface area contributed by atoms with E-state index < -0.39 is 22.9 Å². The van der Waals surface area contributed by atoms with Gasteiger partial charge in [0.15, 0.2) is 6.10 Å². The topological polar surface area (TPSA) is 108 Å². The summed E-state index contributed by atoms with van der Waals surface area (Å²) < 4.78 is 10.6. The van der Waals surface area contributed by atoms with Crippen LogP contribution in [-0.2, 0) is 19.7 Å². The summed E-state index contributed by atoms with van der Waals surface area (Å²) in [6.07, 6.45) is -1.15. The molecule has 1 atom stereocenters. The molecule has 0 radical (unpaired) electrons. The number of rotatable bonds is 8. The second kappa shape index (κ2) is 9.87. The first-order chi connectivity index (χ1) is 14.1. The van der Waals surface area contributed by atoms with Crippen molar-refractivity contribution in [1.82, 2.24) is 0 Å². The van der Waals surface area contributed by atoms with E-state index in [2.05, 4.69) is 26.1 Å². The minimum atomic E-state index is -1.11. The molecule has 160 valence electrons. The molecule has 30 heavy (non-hydrogen) atoms. The number of ether oxygens (including phenoxy) is 2. The second-order valence-electron chi connectivity index (χ2n) is 7.77. The van der Waals surface area contributed by atoms with Gasteiger partial charge in [-0.3, -0.25) is 19.7 Å². The summed E-state index contributed by atoms with van der Waals surface area (Å²) in [5.41, 5.74) is 1.01. The molecule has 2 rings (SSSR count). The number of hydrogen-bond acceptors (Lipinski definition) is 6. The normalized spacial score (nSPS) is 12.0. The predicted molar refractivity (Wildman–Crippen MR) is 113 cm³/mol. The van der Waals surface area contributed by atoms with Gasteiger partial charge in [-0.2, -0.15) is 0 Å². The number of anilines is 1. The SMILES string of the molecule is C[C@@H](OC(=O)CCOc1ccc(C(C)(C)C)cc1)C(=O)Nc1ccccc1[N+](=O)[O-]. The molecule has 2 aromatic carbocycles. The van der Waals surface area contributed by atoms with Gasteiger partial charge in [0.05, 0.1) is 18.0 Å². The van der Waals surface area contributed by atoms with E-state index >= 15 is 0 Å². The van der Waals surface area contributed by atoms with Crippen LogP contribution >= 0.6 is 0 Å². The highest BCUT2D eigenvalue weighted by molar-refractivity contribution is 5.96. The Bertz CT molecular complexity index is 903. The lowest BCUT2D eigenvalue weighted by Crippen LogP contribution is -2.30. The molecule has 0 heterocycles. The molecule has 0 fully saturated rings. The molecule has 2 aromatic rings. The third-order valence-electron chi connectivity index (χ3n) is 4.33. The second-order valence-corrected chi connectivity index (χ2v) is 7.77. The van der Waals surface area contributed by atoms with Gasteiger partial charge in [0.2, 0.25) is 0 Å². The van der Waals surface area contributed by atoms with Gasteiger partial charge in [-0.05, 0) is 36.1 Å². The zero-order chi connectivity index (χ0) is 22.3. The van der Waals surface area contributed by atoms with Crippen LogP contribution in [0.25, 0.3) is 0 Å². The highest BCUT2D eigenvalue weighted by Crippen LogP contribution is 2.25. The van der Waals surface area contributed by atoms with Crippen molar-refractivity contribution in [3.63, 3.8) is 0 Å². The maximum atomic E-state index is 12.2. The van der Waals surface area contributed by atoms with Gasteiger partial charge in [-0.15, -0.1) is 0 Å². The minimum absolute atomic E-state index is 0.0376. The molecule has 0 aliphatic rings. The highest BCUT2D eigenvalue weighted by Gasteiger charge is 2.21. The molecule has 0 aliphatic carbocycles. The third kappa shape index (κ3) is 6.58. The van der Waals surface area contributed by atoms with Crippen molar-refractivity contribution in [3.8, 4) is 5.75 Å². The molecule has 1 amide bonds. The number of hydrogen-bond donors (Lipinski definition) is 1. The van der Waals surface area contributed by atoms with Crippen LogP contribution in [-0.4, -0.2) is 29.5 Å². The Hall–Kier alpha value is -3.42. The van der Waals surface area contributed by atoms with Gasteiger partial charge >= 0.3 is 5.97 Å². The Balaban J connectivity index is 1.80. The van der Waals surface area contributed by atoms with E-state index in [1.165, 1.54) is 30.7 Å². The van der Waals surface area contributed by atoms with E-state index in [-0.39, 0.29) is 29.8 Å². The summed E-state index contributed by atoms with van der Waals surface area (Å²) in [6.45, 7) is 7.85. The first kappa shape index (κ1) is 22.9. The standard InChI is InChI=1S/C22H26N2O6/c1-15(21(26)23-18-7-5-6-8-19(18)24(27)28)30-20(25)13-14-29-17-11-9-16(10-12-17)22(2,3)4/h5-12,15H,13-14H2,1-4H3,(H,23,26)/t15-/m1/s1. The van der Waals surface area contributed by atoms with E-state index in [1.807, 2.05) is 24.3 Å². The lowest BCUT2D eigenvalue weighted by atomic mass is 9.87. The molecule has 0 bridgehead atoms. The summed E-state index contributed by atoms with van der Waals surface area (Å²) in [5.74, 6) is -0.624. The summed E-state index contributed by atoms with van der Waals surface area (Å²) in [7, 11) is 0. The Morgan fingerprint density at radius 3 is 2.33 bits per heavy atom. The van der Waals surface area contributed by atoms with Crippen LogP contribution in [0.2, 0.25) is 0 Å². The summed E-state index contributed by atoms with van der Waals surface area (Å²) in [6, 6.07) is 13.4. The minimum Gasteiger partial charge on any atom is -0.493 e. The van der Waals surface area contributed by atoms with Gasteiger partial charge in [-0.25, -0.2) is 0 Å². The maximum absolute atomic E-state index is 12.2. The molecule has 0 unspecified atom stereocenters. The molecule has 0 aromatic heterocycles. The zero-order valence-corrected chi connectivity index (χ0v) is 17.5. The quantitative estimate of drug-likeness (QED) is 0.393. The monoisotopic (exact) mass is 414 g/mol. The van der Waals surface area contributed by atoms with E-state index in [0.29, 0.717) is 5.75 Å². The Kier molecular flexibility index (Phi) is 7.52. The fourth-order valence-electron chi connectivity index (χ4n) is 2.59. The number of para-hydroxylation sites is 2. The number of nitro groups is 1. The van der Waals surface area contributed by atoms with Crippen molar-refractivity contribution in [2.45, 2.75) is 45.6 Å². The van der Waals surface area contributed by atoms with Crippen LogP contribution in [0.3, 0.4) is 0 Å². The molecule has 0 saturated carbocycles. The summed E-state index contributed by atoms with van der Waals surface area (Å²) in [4.78, 5) is 34.6. The number of esters is 1. The zero-order valence-electron chi connectivity index (χ0n) is 17.5. The van der Waals surface area contributed by atoms with E-state index in [1.54, 1.807) is 6.07 Å². The maximum Gasteiger partial charge on any atom is 0.310 e. The third-order valence-corrected chi connectivity index (χ3v) is 4.33. The molecule has 0 saturated heterocycles. The Morgan fingerprint density at radius 2 is 1.73 bits per heavy atom. The predicted octanol–water partition coefficient (Wildman–Crippen LogP) is 4.23. The number of benzene rings is 2. The van der Waals surface area contributed by atoms with Crippen molar-refractivity contribution < 1.29 is 24.0 Å². The summed E-state index contributed by atoms with van der Waals surface area (Å²) in [5, 5.41) is 13.4. The number of nitro benzene ring substituents is 1. The first-order valence-corrected chi connectivity index (χ1v) is 9.55. The van der Waals surface area contributed by atoms with Gasteiger partial charge in [0, 0.05) is 6.07 Å². The fourth-order valence-corrected chi connectivity index (χ4v) is 2.59. The molecule has 8 nitrogen and oxygen atoms in total. The van der Waals surface area contributed by atoms with Crippen molar-refractivity contribution in [2.75, 3.05) is 11.9 Å². The van der Waals surface area contributed by atoms with Gasteiger partial charge in [-0.1, -0.05) is 45.0 Å². The van der Waals surface area contributed by atoms with E-state index in [9.17, 15) is 19.7 Å². The van der Waals surface area contributed by atoms with Gasteiger partial charge in [0.25, 0.3) is 11.6 Å². The Labute approximate surface area is 175 Å². The van der Waals surface area contributed by atoms with Crippen LogP contribution in [0, 0.1) is 10.1 Å². The van der Waals surface area contributed by atoms with Crippen LogP contribution in [0.1, 0.15) is 39.7 Å². The van der Waals surface area contributed by atoms with E-state index in [0.717, 1.165) is 0 Å². The lowest BCUT2D eigenvalue weighted by Gasteiger charge is -2.19. The van der Waals surface area contributed by atoms with Crippen LogP contribution in [0.4, 0.5) is 11.4 Å². The lowest BCUT2D eigenvalue weighted by molar-refractivity contribution is -0.383. The number of carbonyl (C=O) groups is 2. The average Bonchev–Trinajstić information content (AvgIpc) is 2.67. The van der Waals surface area contributed by atoms with Crippen molar-refractivity contribution in [2.24, 2.45) is 0 Å². The van der Waals surface area contributed by atoms with Gasteiger partial charge in [0.1, 0.15) is 11.4 Å². The van der Waals surface area contributed by atoms with Crippen molar-refractivity contribution in [3.05, 3.63) is 64.2 Å². The average molecular weight is 414 g/mol. The molecular formula is C22H26N2O6. The number of carbonyl (C=O) groups excluding carboxylic acids is 2. The smallest absolute Gasteiger partial charge is 0.310 e. The van der Waals surface area contributed by atoms with Gasteiger partial charge < -0.3 is 14.8 Å². The van der Waals surface area contributed by atoms with Crippen molar-refractivity contribution >= 4 is 23.3 Å². The molecule has 0 spiro atoms. The molecular weight excluding hydrogens is 388 g/mol. The van der Waals surface area contributed by atoms with Crippen molar-refractivity contribution in [1.29, 1.82) is 0 Å². The highest BCUT2D eigenvalue weighted by atomic mass is 16.6. The fraction of sp³-hybridized carbons (Fsp3) is 0.364. The molecule has 0 aliphatic heterocycles. The van der Waals surface area contributed by atoms with E-state index in [4.69, 9.17) is 9.47 Å².